The Bertz CT molecular complexity index is 816. The predicted molar refractivity (Wildman–Crippen MR) is 99.2 cm³/mol. The second kappa shape index (κ2) is 7.19. The van der Waals surface area contributed by atoms with Gasteiger partial charge in [-0.25, -0.2) is 0 Å². The lowest BCUT2D eigenvalue weighted by atomic mass is 10.2. The molecule has 0 saturated heterocycles. The fourth-order valence-electron chi connectivity index (χ4n) is 2.35. The van der Waals surface area contributed by atoms with Crippen LogP contribution >= 0.6 is 27.7 Å². The highest BCUT2D eigenvalue weighted by Gasteiger charge is 2.13. The average Bonchev–Trinajstić information content (AvgIpc) is 2.96. The van der Waals surface area contributed by atoms with E-state index in [4.69, 9.17) is 5.73 Å². The summed E-state index contributed by atoms with van der Waals surface area (Å²) in [5.74, 6) is 1.71. The maximum absolute atomic E-state index is 5.88. The van der Waals surface area contributed by atoms with Crippen LogP contribution in [0.3, 0.4) is 0 Å². The number of hydrogen-bond donors (Lipinski definition) is 1. The minimum absolute atomic E-state index is 0.733. The molecule has 1 aromatic heterocycles. The maximum atomic E-state index is 5.88. The van der Waals surface area contributed by atoms with E-state index in [9.17, 15) is 0 Å². The predicted octanol–water partition coefficient (Wildman–Crippen LogP) is 4.60. The highest BCUT2D eigenvalue weighted by Crippen LogP contribution is 2.27. The number of nitrogens with zero attached hydrogens (tertiary/aromatic N) is 3. The second-order valence-corrected chi connectivity index (χ2v) is 6.95. The van der Waals surface area contributed by atoms with Crippen LogP contribution in [0.4, 0.5) is 5.69 Å². The average molecular weight is 389 g/mol. The summed E-state index contributed by atoms with van der Waals surface area (Å²) >= 11 is 5.19. The monoisotopic (exact) mass is 388 g/mol. The van der Waals surface area contributed by atoms with E-state index in [1.54, 1.807) is 11.8 Å². The van der Waals surface area contributed by atoms with Gasteiger partial charge in [0.1, 0.15) is 0 Å². The van der Waals surface area contributed by atoms with Gasteiger partial charge in [-0.2, -0.15) is 0 Å². The van der Waals surface area contributed by atoms with Crippen LogP contribution in [0.25, 0.3) is 11.4 Å². The van der Waals surface area contributed by atoms with Crippen LogP contribution in [0, 0.1) is 0 Å². The van der Waals surface area contributed by atoms with Gasteiger partial charge in [0.15, 0.2) is 11.0 Å². The van der Waals surface area contributed by atoms with Gasteiger partial charge in [0, 0.05) is 28.0 Å². The third-order valence-electron chi connectivity index (χ3n) is 3.43. The molecule has 2 aromatic carbocycles. The summed E-state index contributed by atoms with van der Waals surface area (Å²) in [6, 6.07) is 16.1. The van der Waals surface area contributed by atoms with E-state index in [0.29, 0.717) is 0 Å². The normalized spacial score (nSPS) is 10.9. The summed E-state index contributed by atoms with van der Waals surface area (Å²) in [6.45, 7) is 2.92. The van der Waals surface area contributed by atoms with E-state index < -0.39 is 0 Å². The van der Waals surface area contributed by atoms with Crippen molar-refractivity contribution in [2.45, 2.75) is 24.4 Å². The van der Waals surface area contributed by atoms with E-state index in [1.807, 2.05) is 36.4 Å². The first kappa shape index (κ1) is 16.1. The molecule has 3 aromatic rings. The molecule has 2 N–H and O–H groups in total. The first-order valence-electron chi connectivity index (χ1n) is 7.33. The Morgan fingerprint density at radius 1 is 1.13 bits per heavy atom. The lowest BCUT2D eigenvalue weighted by Crippen LogP contribution is -2.00. The summed E-state index contributed by atoms with van der Waals surface area (Å²) in [6.07, 6.45) is 0. The molecule has 0 spiro atoms. The Labute approximate surface area is 148 Å². The molecule has 0 atom stereocenters. The van der Waals surface area contributed by atoms with Gasteiger partial charge in [0.25, 0.3) is 0 Å². The maximum Gasteiger partial charge on any atom is 0.191 e. The van der Waals surface area contributed by atoms with Crippen LogP contribution in [0.2, 0.25) is 0 Å². The number of rotatable bonds is 5. The van der Waals surface area contributed by atoms with Gasteiger partial charge in [0.05, 0.1) is 0 Å². The molecule has 6 heteroatoms. The Hall–Kier alpha value is -1.79. The quantitative estimate of drug-likeness (QED) is 0.512. The summed E-state index contributed by atoms with van der Waals surface area (Å²) in [4.78, 5) is 0. The molecule has 0 amide bonds. The molecule has 0 bridgehead atoms. The van der Waals surface area contributed by atoms with Gasteiger partial charge < -0.3 is 10.3 Å². The van der Waals surface area contributed by atoms with Crippen molar-refractivity contribution < 1.29 is 0 Å². The van der Waals surface area contributed by atoms with Gasteiger partial charge in [-0.1, -0.05) is 52.0 Å². The van der Waals surface area contributed by atoms with E-state index in [1.165, 1.54) is 5.56 Å². The van der Waals surface area contributed by atoms with Crippen molar-refractivity contribution in [1.29, 1.82) is 0 Å². The van der Waals surface area contributed by atoms with Gasteiger partial charge in [-0.05, 0) is 36.8 Å². The van der Waals surface area contributed by atoms with Crippen LogP contribution in [-0.4, -0.2) is 14.8 Å². The minimum Gasteiger partial charge on any atom is -0.399 e. The number of aromatic nitrogens is 3. The molecule has 4 nitrogen and oxygen atoms in total. The van der Waals surface area contributed by atoms with E-state index in [2.05, 4.69) is 49.8 Å². The van der Waals surface area contributed by atoms with E-state index in [-0.39, 0.29) is 0 Å². The lowest BCUT2D eigenvalue weighted by molar-refractivity contribution is 0.687. The lowest BCUT2D eigenvalue weighted by Gasteiger charge is -2.08. The molecule has 0 radical (unpaired) electrons. The number of halogens is 1. The molecule has 1 heterocycles. The molecule has 118 valence electrons. The number of hydrogen-bond acceptors (Lipinski definition) is 4. The SMILES string of the molecule is CCn1c(SCc2cccc(Br)c2)nnc1-c1cccc(N)c1. The molecule has 0 aliphatic rings. The molecule has 0 fully saturated rings. The number of nitrogens with two attached hydrogens (primary N) is 1. The second-order valence-electron chi connectivity index (χ2n) is 5.09. The van der Waals surface area contributed by atoms with Crippen molar-refractivity contribution in [2.24, 2.45) is 0 Å². The summed E-state index contributed by atoms with van der Waals surface area (Å²) in [7, 11) is 0. The Morgan fingerprint density at radius 2 is 1.96 bits per heavy atom. The van der Waals surface area contributed by atoms with Crippen molar-refractivity contribution in [1.82, 2.24) is 14.8 Å². The molecular weight excluding hydrogens is 372 g/mol. The van der Waals surface area contributed by atoms with Crippen molar-refractivity contribution >= 4 is 33.4 Å². The smallest absolute Gasteiger partial charge is 0.191 e. The number of thioether (sulfide) groups is 1. The number of nitrogen functional groups attached to an aromatic ring is 1. The van der Waals surface area contributed by atoms with Crippen molar-refractivity contribution in [3.8, 4) is 11.4 Å². The summed E-state index contributed by atoms with van der Waals surface area (Å²) < 4.78 is 3.21. The Kier molecular flexibility index (Phi) is 5.03. The topological polar surface area (TPSA) is 56.7 Å². The van der Waals surface area contributed by atoms with E-state index in [0.717, 1.165) is 39.0 Å². The highest BCUT2D eigenvalue weighted by atomic mass is 79.9. The van der Waals surface area contributed by atoms with Crippen molar-refractivity contribution in [2.75, 3.05) is 5.73 Å². The van der Waals surface area contributed by atoms with Crippen molar-refractivity contribution in [3.63, 3.8) is 0 Å². The number of benzene rings is 2. The highest BCUT2D eigenvalue weighted by molar-refractivity contribution is 9.10. The fraction of sp³-hybridized carbons (Fsp3) is 0.176. The van der Waals surface area contributed by atoms with Crippen LogP contribution in [0.5, 0.6) is 0 Å². The summed E-state index contributed by atoms with van der Waals surface area (Å²) in [5, 5.41) is 9.63. The largest absolute Gasteiger partial charge is 0.399 e. The molecular formula is C17H17BrN4S. The minimum atomic E-state index is 0.733. The first-order chi connectivity index (χ1) is 11.2. The third-order valence-corrected chi connectivity index (χ3v) is 4.97. The third kappa shape index (κ3) is 3.76. The van der Waals surface area contributed by atoms with Crippen LogP contribution in [0.15, 0.2) is 58.2 Å². The van der Waals surface area contributed by atoms with Crippen LogP contribution < -0.4 is 5.73 Å². The van der Waals surface area contributed by atoms with Gasteiger partial charge in [-0.15, -0.1) is 10.2 Å². The van der Waals surface area contributed by atoms with E-state index >= 15 is 0 Å². The Morgan fingerprint density at radius 3 is 2.70 bits per heavy atom. The van der Waals surface area contributed by atoms with Gasteiger partial charge in [-0.3, -0.25) is 0 Å². The molecule has 3 rings (SSSR count). The number of anilines is 1. The summed E-state index contributed by atoms with van der Waals surface area (Å²) in [5.41, 5.74) is 8.85. The van der Waals surface area contributed by atoms with Crippen LogP contribution in [-0.2, 0) is 12.3 Å². The Balaban J connectivity index is 1.84. The van der Waals surface area contributed by atoms with Gasteiger partial charge >= 0.3 is 0 Å². The zero-order valence-corrected chi connectivity index (χ0v) is 15.1. The zero-order chi connectivity index (χ0) is 16.2. The molecule has 0 aliphatic heterocycles. The molecule has 0 unspecified atom stereocenters. The first-order valence-corrected chi connectivity index (χ1v) is 9.11. The standard InChI is InChI=1S/C17H17BrN4S/c1-2-22-16(13-6-4-8-15(19)10-13)20-21-17(22)23-11-12-5-3-7-14(18)9-12/h3-10H,2,11,19H2,1H3. The molecule has 0 saturated carbocycles. The zero-order valence-electron chi connectivity index (χ0n) is 12.7. The van der Waals surface area contributed by atoms with Gasteiger partial charge in [0.2, 0.25) is 0 Å². The van der Waals surface area contributed by atoms with Crippen LogP contribution in [0.1, 0.15) is 12.5 Å². The fourth-order valence-corrected chi connectivity index (χ4v) is 3.74. The van der Waals surface area contributed by atoms with Crippen molar-refractivity contribution in [3.05, 3.63) is 58.6 Å². The molecule has 23 heavy (non-hydrogen) atoms. The molecule has 0 aliphatic carbocycles.